The molecule has 2 heterocycles. The maximum absolute atomic E-state index is 5.93. The minimum atomic E-state index is 0. The molecule has 6 heteroatoms. The molecule has 2 rings (SSSR count). The van der Waals surface area contributed by atoms with Crippen LogP contribution in [-0.4, -0.2) is 29.1 Å². The zero-order valence-electron chi connectivity index (χ0n) is 9.87. The van der Waals surface area contributed by atoms with E-state index in [1.807, 2.05) is 6.92 Å². The number of aryl methyl sites for hydroxylation is 1. The van der Waals surface area contributed by atoms with E-state index in [-0.39, 0.29) is 12.4 Å². The van der Waals surface area contributed by atoms with E-state index in [0.29, 0.717) is 17.1 Å². The topological polar surface area (TPSA) is 49.8 Å². The van der Waals surface area contributed by atoms with Gasteiger partial charge in [0, 0.05) is 24.3 Å². The van der Waals surface area contributed by atoms with Gasteiger partial charge in [-0.05, 0) is 26.3 Å². The van der Waals surface area contributed by atoms with Crippen molar-refractivity contribution in [2.75, 3.05) is 18.4 Å². The van der Waals surface area contributed by atoms with Gasteiger partial charge < -0.3 is 10.6 Å². The van der Waals surface area contributed by atoms with Crippen molar-refractivity contribution in [1.29, 1.82) is 0 Å². The number of nitrogens with one attached hydrogen (secondary N) is 2. The SMILES string of the molecule is Cc1cnc(NCC2CCCCN2)nc1Cl.Cl. The lowest BCUT2D eigenvalue weighted by atomic mass is 10.1. The number of rotatable bonds is 3. The average molecular weight is 277 g/mol. The molecule has 1 aliphatic rings. The number of anilines is 1. The van der Waals surface area contributed by atoms with Crippen molar-refractivity contribution in [3.8, 4) is 0 Å². The molecule has 1 fully saturated rings. The van der Waals surface area contributed by atoms with Gasteiger partial charge >= 0.3 is 0 Å². The van der Waals surface area contributed by atoms with Crippen LogP contribution in [0.4, 0.5) is 5.95 Å². The smallest absolute Gasteiger partial charge is 0.224 e. The van der Waals surface area contributed by atoms with Gasteiger partial charge in [-0.25, -0.2) is 9.97 Å². The number of hydrogen-bond donors (Lipinski definition) is 2. The van der Waals surface area contributed by atoms with Crippen molar-refractivity contribution < 1.29 is 0 Å². The number of nitrogens with zero attached hydrogens (tertiary/aromatic N) is 2. The molecule has 0 radical (unpaired) electrons. The number of hydrogen-bond acceptors (Lipinski definition) is 4. The van der Waals surface area contributed by atoms with Crippen molar-refractivity contribution >= 4 is 30.0 Å². The van der Waals surface area contributed by atoms with Crippen molar-refractivity contribution in [3.05, 3.63) is 16.9 Å². The van der Waals surface area contributed by atoms with Crippen molar-refractivity contribution in [2.45, 2.75) is 32.2 Å². The molecule has 0 amide bonds. The molecule has 0 aromatic carbocycles. The first-order chi connectivity index (χ1) is 7.75. The Labute approximate surface area is 113 Å². The summed E-state index contributed by atoms with van der Waals surface area (Å²) < 4.78 is 0. The summed E-state index contributed by atoms with van der Waals surface area (Å²) in [5.74, 6) is 0.614. The molecule has 2 N–H and O–H groups in total. The maximum atomic E-state index is 5.93. The van der Waals surface area contributed by atoms with E-state index in [9.17, 15) is 0 Å². The Morgan fingerprint density at radius 1 is 1.53 bits per heavy atom. The summed E-state index contributed by atoms with van der Waals surface area (Å²) in [7, 11) is 0. The minimum Gasteiger partial charge on any atom is -0.353 e. The fourth-order valence-corrected chi connectivity index (χ4v) is 1.95. The predicted octanol–water partition coefficient (Wildman–Crippen LogP) is 2.41. The fourth-order valence-electron chi connectivity index (χ4n) is 1.82. The molecule has 0 saturated carbocycles. The highest BCUT2D eigenvalue weighted by molar-refractivity contribution is 6.30. The van der Waals surface area contributed by atoms with Crippen LogP contribution >= 0.6 is 24.0 Å². The second-order valence-corrected chi connectivity index (χ2v) is 4.55. The molecular formula is C11H18Cl2N4. The third kappa shape index (κ3) is 4.30. The van der Waals surface area contributed by atoms with Gasteiger partial charge in [-0.1, -0.05) is 18.0 Å². The van der Waals surface area contributed by atoms with Crippen molar-refractivity contribution in [2.24, 2.45) is 0 Å². The Balaban J connectivity index is 0.00000144. The molecule has 4 nitrogen and oxygen atoms in total. The molecule has 96 valence electrons. The van der Waals surface area contributed by atoms with Crippen molar-refractivity contribution in [1.82, 2.24) is 15.3 Å². The minimum absolute atomic E-state index is 0. The summed E-state index contributed by atoms with van der Waals surface area (Å²) in [6, 6.07) is 0.525. The van der Waals surface area contributed by atoms with Gasteiger partial charge in [-0.15, -0.1) is 12.4 Å². The summed E-state index contributed by atoms with van der Waals surface area (Å²) in [5.41, 5.74) is 0.906. The van der Waals surface area contributed by atoms with Crippen LogP contribution in [0.25, 0.3) is 0 Å². The van der Waals surface area contributed by atoms with E-state index in [1.54, 1.807) is 6.20 Å². The summed E-state index contributed by atoms with van der Waals surface area (Å²) >= 11 is 5.93. The van der Waals surface area contributed by atoms with E-state index in [2.05, 4.69) is 20.6 Å². The van der Waals surface area contributed by atoms with E-state index in [0.717, 1.165) is 18.7 Å². The average Bonchev–Trinajstić information content (AvgIpc) is 2.32. The second kappa shape index (κ2) is 6.99. The van der Waals surface area contributed by atoms with Gasteiger partial charge in [0.25, 0.3) is 0 Å². The van der Waals surface area contributed by atoms with Gasteiger partial charge in [0.05, 0.1) is 0 Å². The number of aromatic nitrogens is 2. The van der Waals surface area contributed by atoms with Gasteiger partial charge in [0.1, 0.15) is 5.15 Å². The first-order valence-corrected chi connectivity index (χ1v) is 6.10. The lowest BCUT2D eigenvalue weighted by Gasteiger charge is -2.23. The quantitative estimate of drug-likeness (QED) is 0.833. The van der Waals surface area contributed by atoms with E-state index >= 15 is 0 Å². The molecule has 1 aromatic rings. The number of halogens is 2. The molecule has 0 spiro atoms. The van der Waals surface area contributed by atoms with Crippen LogP contribution in [-0.2, 0) is 0 Å². The molecule has 1 aromatic heterocycles. The molecule has 1 atom stereocenters. The van der Waals surface area contributed by atoms with E-state index < -0.39 is 0 Å². The summed E-state index contributed by atoms with van der Waals surface area (Å²) in [5, 5.41) is 7.20. The third-order valence-electron chi connectivity index (χ3n) is 2.83. The third-order valence-corrected chi connectivity index (χ3v) is 3.21. The van der Waals surface area contributed by atoms with Crippen LogP contribution in [0.1, 0.15) is 24.8 Å². The highest BCUT2D eigenvalue weighted by Crippen LogP contribution is 2.13. The Morgan fingerprint density at radius 2 is 2.35 bits per heavy atom. The van der Waals surface area contributed by atoms with Gasteiger partial charge in [-0.3, -0.25) is 0 Å². The summed E-state index contributed by atoms with van der Waals surface area (Å²) in [6.07, 6.45) is 5.54. The Morgan fingerprint density at radius 3 is 3.00 bits per heavy atom. The molecule has 0 bridgehead atoms. The van der Waals surface area contributed by atoms with Crippen LogP contribution in [0.15, 0.2) is 6.20 Å². The standard InChI is InChI=1S/C11H17ClN4.ClH/c1-8-6-14-11(16-10(8)12)15-7-9-4-2-3-5-13-9;/h6,9,13H,2-5,7H2,1H3,(H,14,15,16);1H. The predicted molar refractivity (Wildman–Crippen MR) is 73.2 cm³/mol. The highest BCUT2D eigenvalue weighted by Gasteiger charge is 2.12. The lowest BCUT2D eigenvalue weighted by Crippen LogP contribution is -2.39. The first-order valence-electron chi connectivity index (χ1n) is 5.72. The zero-order valence-corrected chi connectivity index (χ0v) is 11.4. The maximum Gasteiger partial charge on any atom is 0.224 e. The molecule has 1 saturated heterocycles. The van der Waals surface area contributed by atoms with Gasteiger partial charge in [0.15, 0.2) is 0 Å². The van der Waals surface area contributed by atoms with Crippen LogP contribution in [0.3, 0.4) is 0 Å². The van der Waals surface area contributed by atoms with E-state index in [1.165, 1.54) is 19.3 Å². The Hall–Kier alpha value is -0.580. The Kier molecular flexibility index (Phi) is 5.95. The Bertz CT molecular complexity index is 353. The molecule has 1 unspecified atom stereocenters. The monoisotopic (exact) mass is 276 g/mol. The molecular weight excluding hydrogens is 259 g/mol. The second-order valence-electron chi connectivity index (χ2n) is 4.20. The van der Waals surface area contributed by atoms with Crippen LogP contribution in [0.2, 0.25) is 5.15 Å². The van der Waals surface area contributed by atoms with Crippen LogP contribution < -0.4 is 10.6 Å². The van der Waals surface area contributed by atoms with Gasteiger partial charge in [-0.2, -0.15) is 0 Å². The largest absolute Gasteiger partial charge is 0.353 e. The molecule has 1 aliphatic heterocycles. The zero-order chi connectivity index (χ0) is 11.4. The van der Waals surface area contributed by atoms with Gasteiger partial charge in [0.2, 0.25) is 5.95 Å². The first kappa shape index (κ1) is 14.5. The van der Waals surface area contributed by atoms with Crippen LogP contribution in [0.5, 0.6) is 0 Å². The lowest BCUT2D eigenvalue weighted by molar-refractivity contribution is 0.413. The fraction of sp³-hybridized carbons (Fsp3) is 0.636. The summed E-state index contributed by atoms with van der Waals surface area (Å²) in [6.45, 7) is 3.87. The normalized spacial score (nSPS) is 19.5. The number of piperidine rings is 1. The van der Waals surface area contributed by atoms with Crippen molar-refractivity contribution in [3.63, 3.8) is 0 Å². The molecule has 0 aliphatic carbocycles. The summed E-state index contributed by atoms with van der Waals surface area (Å²) in [4.78, 5) is 8.36. The van der Waals surface area contributed by atoms with E-state index in [4.69, 9.17) is 11.6 Å². The highest BCUT2D eigenvalue weighted by atomic mass is 35.5. The van der Waals surface area contributed by atoms with Crippen LogP contribution in [0, 0.1) is 6.92 Å². The molecule has 17 heavy (non-hydrogen) atoms.